The molecule has 0 aromatic heterocycles. The average Bonchev–Trinajstić information content (AvgIpc) is 2.53. The van der Waals surface area contributed by atoms with E-state index < -0.39 is 35.0 Å². The van der Waals surface area contributed by atoms with Gasteiger partial charge in [0.05, 0.1) is 11.1 Å². The third kappa shape index (κ3) is 5.77. The highest BCUT2D eigenvalue weighted by atomic mass is 19.4. The number of hydrogen-bond acceptors (Lipinski definition) is 4. The van der Waals surface area contributed by atoms with Crippen molar-refractivity contribution in [2.24, 2.45) is 0 Å². The van der Waals surface area contributed by atoms with E-state index in [1.54, 1.807) is 25.7 Å². The molecule has 1 aliphatic rings. The summed E-state index contributed by atoms with van der Waals surface area (Å²) in [4.78, 5) is 25.0. The van der Waals surface area contributed by atoms with Crippen molar-refractivity contribution in [3.05, 3.63) is 29.3 Å². The number of anilines is 1. The fourth-order valence-electron chi connectivity index (χ4n) is 2.78. The van der Waals surface area contributed by atoms with Gasteiger partial charge in [0, 0.05) is 24.8 Å². The summed E-state index contributed by atoms with van der Waals surface area (Å²) < 4.78 is 43.7. The molecule has 1 fully saturated rings. The number of carboxylic acids is 1. The second-order valence-electron chi connectivity index (χ2n) is 7.45. The van der Waals surface area contributed by atoms with Crippen molar-refractivity contribution in [1.82, 2.24) is 4.90 Å². The normalized spacial score (nSPS) is 16.1. The Hall–Kier alpha value is -2.45. The maximum Gasteiger partial charge on any atom is 0.416 e. The maximum atomic E-state index is 12.8. The summed E-state index contributed by atoms with van der Waals surface area (Å²) in [6.07, 6.45) is -3.97. The lowest BCUT2D eigenvalue weighted by Gasteiger charge is -2.34. The van der Waals surface area contributed by atoms with Crippen LogP contribution >= 0.6 is 0 Å². The molecular weight excluding hydrogens is 365 g/mol. The van der Waals surface area contributed by atoms with Gasteiger partial charge in [-0.25, -0.2) is 9.59 Å². The SMILES string of the molecule is CC(C)(C)OC(=O)N1CCC(Nc2ccc(C(F)(F)F)cc2C(=O)O)CC1. The molecule has 0 spiro atoms. The standard InChI is InChI=1S/C18H23F3N2O4/c1-17(2,3)27-16(26)23-8-6-12(7-9-23)22-14-5-4-11(18(19,20)21)10-13(14)15(24)25/h4-5,10,12,22H,6-9H2,1-3H3,(H,24,25). The van der Waals surface area contributed by atoms with Crippen molar-refractivity contribution in [3.8, 4) is 0 Å². The molecule has 150 valence electrons. The maximum absolute atomic E-state index is 12.8. The summed E-state index contributed by atoms with van der Waals surface area (Å²) in [6, 6.07) is 2.45. The van der Waals surface area contributed by atoms with Gasteiger partial charge >= 0.3 is 18.2 Å². The van der Waals surface area contributed by atoms with Crippen molar-refractivity contribution in [1.29, 1.82) is 0 Å². The smallest absolute Gasteiger partial charge is 0.416 e. The first kappa shape index (κ1) is 20.9. The van der Waals surface area contributed by atoms with E-state index in [4.69, 9.17) is 4.74 Å². The number of nitrogens with one attached hydrogen (secondary N) is 1. The van der Waals surface area contributed by atoms with Gasteiger partial charge in [-0.2, -0.15) is 13.2 Å². The molecular formula is C18H23F3N2O4. The number of carbonyl (C=O) groups is 2. The van der Waals surface area contributed by atoms with Crippen LogP contribution in [0.5, 0.6) is 0 Å². The molecule has 0 bridgehead atoms. The summed E-state index contributed by atoms with van der Waals surface area (Å²) in [5.74, 6) is -1.44. The van der Waals surface area contributed by atoms with Crippen molar-refractivity contribution < 1.29 is 32.6 Å². The third-order valence-corrected chi connectivity index (χ3v) is 4.08. The Morgan fingerprint density at radius 2 is 1.78 bits per heavy atom. The van der Waals surface area contributed by atoms with Crippen molar-refractivity contribution in [3.63, 3.8) is 0 Å². The van der Waals surface area contributed by atoms with E-state index >= 15 is 0 Å². The van der Waals surface area contributed by atoms with Gasteiger partial charge in [0.1, 0.15) is 5.60 Å². The van der Waals surface area contributed by atoms with Crippen molar-refractivity contribution in [2.45, 2.75) is 51.4 Å². The number of hydrogen-bond donors (Lipinski definition) is 2. The lowest BCUT2D eigenvalue weighted by atomic mass is 10.0. The molecule has 9 heteroatoms. The summed E-state index contributed by atoms with van der Waals surface area (Å²) in [5.41, 5.74) is -1.90. The number of ether oxygens (including phenoxy) is 1. The Balaban J connectivity index is 2.03. The average molecular weight is 388 g/mol. The molecule has 1 saturated heterocycles. The molecule has 6 nitrogen and oxygen atoms in total. The monoisotopic (exact) mass is 388 g/mol. The van der Waals surface area contributed by atoms with E-state index in [1.165, 1.54) is 0 Å². The molecule has 1 heterocycles. The van der Waals surface area contributed by atoms with E-state index in [0.29, 0.717) is 32.0 Å². The van der Waals surface area contributed by atoms with Crippen LogP contribution in [0.4, 0.5) is 23.7 Å². The predicted octanol–water partition coefficient (Wildman–Crippen LogP) is 4.22. The van der Waals surface area contributed by atoms with Gasteiger partial charge in [0.25, 0.3) is 0 Å². The number of nitrogens with zero attached hydrogens (tertiary/aromatic N) is 1. The van der Waals surface area contributed by atoms with Crippen LogP contribution in [0.15, 0.2) is 18.2 Å². The molecule has 27 heavy (non-hydrogen) atoms. The minimum absolute atomic E-state index is 0.131. The lowest BCUT2D eigenvalue weighted by Crippen LogP contribution is -2.44. The van der Waals surface area contributed by atoms with Crippen LogP contribution in [-0.4, -0.2) is 46.8 Å². The van der Waals surface area contributed by atoms with Gasteiger partial charge in [0.15, 0.2) is 0 Å². The highest BCUT2D eigenvalue weighted by Crippen LogP contribution is 2.32. The van der Waals surface area contributed by atoms with Crippen LogP contribution in [0.1, 0.15) is 49.5 Å². The molecule has 1 aromatic rings. The van der Waals surface area contributed by atoms with Crippen LogP contribution < -0.4 is 5.32 Å². The minimum Gasteiger partial charge on any atom is -0.478 e. The van der Waals surface area contributed by atoms with Crippen LogP contribution in [0, 0.1) is 0 Å². The Bertz CT molecular complexity index is 706. The molecule has 1 aromatic carbocycles. The van der Waals surface area contributed by atoms with E-state index in [-0.39, 0.29) is 11.7 Å². The third-order valence-electron chi connectivity index (χ3n) is 4.08. The van der Waals surface area contributed by atoms with Gasteiger partial charge in [0.2, 0.25) is 0 Å². The number of likely N-dealkylation sites (tertiary alicyclic amines) is 1. The summed E-state index contributed by atoms with van der Waals surface area (Å²) in [6.45, 7) is 6.15. The summed E-state index contributed by atoms with van der Waals surface area (Å²) in [5, 5.41) is 12.2. The Morgan fingerprint density at radius 3 is 2.26 bits per heavy atom. The fourth-order valence-corrected chi connectivity index (χ4v) is 2.78. The van der Waals surface area contributed by atoms with Crippen LogP contribution in [-0.2, 0) is 10.9 Å². The zero-order chi connectivity index (χ0) is 20.4. The van der Waals surface area contributed by atoms with Crippen molar-refractivity contribution >= 4 is 17.7 Å². The summed E-state index contributed by atoms with van der Waals surface area (Å²) in [7, 11) is 0. The van der Waals surface area contributed by atoms with Gasteiger partial charge < -0.3 is 20.1 Å². The van der Waals surface area contributed by atoms with E-state index in [9.17, 15) is 27.9 Å². The van der Waals surface area contributed by atoms with Crippen LogP contribution in [0.25, 0.3) is 0 Å². The number of carboxylic acid groups (broad SMARTS) is 1. The first-order chi connectivity index (χ1) is 12.4. The van der Waals surface area contributed by atoms with Gasteiger partial charge in [-0.3, -0.25) is 0 Å². The number of rotatable bonds is 3. The zero-order valence-corrected chi connectivity index (χ0v) is 15.4. The van der Waals surface area contributed by atoms with Gasteiger partial charge in [-0.1, -0.05) is 0 Å². The predicted molar refractivity (Wildman–Crippen MR) is 92.9 cm³/mol. The number of amides is 1. The van der Waals surface area contributed by atoms with Crippen molar-refractivity contribution in [2.75, 3.05) is 18.4 Å². The molecule has 0 radical (unpaired) electrons. The fraction of sp³-hybridized carbons (Fsp3) is 0.556. The molecule has 2 rings (SSSR count). The molecule has 1 amide bonds. The second kappa shape index (κ2) is 7.66. The second-order valence-corrected chi connectivity index (χ2v) is 7.45. The number of carbonyl (C=O) groups excluding carboxylic acids is 1. The van der Waals surface area contributed by atoms with E-state index in [0.717, 1.165) is 12.1 Å². The van der Waals surface area contributed by atoms with Crippen LogP contribution in [0.3, 0.4) is 0 Å². The first-order valence-corrected chi connectivity index (χ1v) is 8.56. The Labute approximate surface area is 155 Å². The number of alkyl halides is 3. The largest absolute Gasteiger partial charge is 0.478 e. The quantitative estimate of drug-likeness (QED) is 0.811. The molecule has 0 atom stereocenters. The molecule has 0 unspecified atom stereocenters. The van der Waals surface area contributed by atoms with Gasteiger partial charge in [-0.05, 0) is 51.8 Å². The first-order valence-electron chi connectivity index (χ1n) is 8.56. The minimum atomic E-state index is -4.61. The number of halogens is 3. The number of piperidine rings is 1. The Morgan fingerprint density at radius 1 is 1.19 bits per heavy atom. The van der Waals surface area contributed by atoms with E-state index in [2.05, 4.69) is 5.32 Å². The van der Waals surface area contributed by atoms with Gasteiger partial charge in [-0.15, -0.1) is 0 Å². The Kier molecular flexibility index (Phi) is 5.91. The lowest BCUT2D eigenvalue weighted by molar-refractivity contribution is -0.137. The zero-order valence-electron chi connectivity index (χ0n) is 15.4. The number of benzene rings is 1. The highest BCUT2D eigenvalue weighted by molar-refractivity contribution is 5.94. The van der Waals surface area contributed by atoms with E-state index in [1.807, 2.05) is 0 Å². The summed E-state index contributed by atoms with van der Waals surface area (Å²) >= 11 is 0. The van der Waals surface area contributed by atoms with Crippen LogP contribution in [0.2, 0.25) is 0 Å². The molecule has 0 saturated carbocycles. The molecule has 0 aliphatic carbocycles. The molecule has 1 aliphatic heterocycles. The highest BCUT2D eigenvalue weighted by Gasteiger charge is 2.32. The topological polar surface area (TPSA) is 78.9 Å². The number of aromatic carboxylic acids is 1. The molecule has 2 N–H and O–H groups in total.